The van der Waals surface area contributed by atoms with Gasteiger partial charge in [-0.25, -0.2) is 9.78 Å². The number of esters is 1. The van der Waals surface area contributed by atoms with Crippen molar-refractivity contribution in [1.29, 1.82) is 0 Å². The number of carbonyl (C=O) groups excluding carboxylic acids is 2. The van der Waals surface area contributed by atoms with Crippen LogP contribution in [0.4, 0.5) is 5.69 Å². The Labute approximate surface area is 169 Å². The molecule has 0 bridgehead atoms. The van der Waals surface area contributed by atoms with Crippen LogP contribution in [0, 0.1) is 0 Å². The van der Waals surface area contributed by atoms with Crippen molar-refractivity contribution in [2.24, 2.45) is 7.05 Å². The summed E-state index contributed by atoms with van der Waals surface area (Å²) in [5, 5.41) is 3.59. The lowest BCUT2D eigenvalue weighted by molar-refractivity contribution is 0.0511. The van der Waals surface area contributed by atoms with Crippen LogP contribution in [0.25, 0.3) is 11.0 Å². The molecule has 2 heterocycles. The molecule has 0 radical (unpaired) electrons. The first kappa shape index (κ1) is 20.4. The molecule has 0 aliphatic rings. The first-order valence-electron chi connectivity index (χ1n) is 9.70. The molecule has 1 aromatic carbocycles. The van der Waals surface area contributed by atoms with Crippen molar-refractivity contribution in [3.05, 3.63) is 53.3 Å². The highest BCUT2D eigenvalue weighted by molar-refractivity contribution is 6.06. The van der Waals surface area contributed by atoms with Crippen molar-refractivity contribution in [2.45, 2.75) is 27.2 Å². The number of rotatable bonds is 7. The highest BCUT2D eigenvalue weighted by Crippen LogP contribution is 2.35. The summed E-state index contributed by atoms with van der Waals surface area (Å²) in [5.41, 5.74) is 2.78. The third kappa shape index (κ3) is 3.94. The molecule has 0 fully saturated rings. The number of aromatic nitrogens is 2. The molecule has 7 heteroatoms. The number of benzene rings is 1. The van der Waals surface area contributed by atoms with Crippen LogP contribution < -0.4 is 10.1 Å². The maximum absolute atomic E-state index is 12.6. The van der Waals surface area contributed by atoms with Crippen molar-refractivity contribution < 1.29 is 19.1 Å². The van der Waals surface area contributed by atoms with Crippen LogP contribution in [-0.2, 0) is 18.2 Å². The number of nitrogens with zero attached hydrogens (tertiary/aromatic N) is 2. The molecule has 1 N–H and O–H groups in total. The van der Waals surface area contributed by atoms with E-state index in [1.54, 1.807) is 30.7 Å². The average molecular weight is 395 g/mol. The van der Waals surface area contributed by atoms with E-state index in [2.05, 4.69) is 5.32 Å². The summed E-state index contributed by atoms with van der Waals surface area (Å²) >= 11 is 0. The first-order valence-corrected chi connectivity index (χ1v) is 9.70. The van der Waals surface area contributed by atoms with Gasteiger partial charge in [-0.15, -0.1) is 0 Å². The molecular weight excluding hydrogens is 370 g/mol. The van der Waals surface area contributed by atoms with Crippen molar-refractivity contribution in [2.75, 3.05) is 18.5 Å². The number of amides is 1. The normalized spacial score (nSPS) is 10.8. The smallest absolute Gasteiger partial charge is 0.358 e. The van der Waals surface area contributed by atoms with Crippen LogP contribution in [-0.4, -0.2) is 34.6 Å². The molecule has 3 aromatic rings. The lowest BCUT2D eigenvalue weighted by Crippen LogP contribution is -2.14. The van der Waals surface area contributed by atoms with E-state index >= 15 is 0 Å². The number of aryl methyl sites for hydroxylation is 2. The van der Waals surface area contributed by atoms with Crippen molar-refractivity contribution in [1.82, 2.24) is 9.55 Å². The summed E-state index contributed by atoms with van der Waals surface area (Å²) in [6.07, 6.45) is 0.615. The second-order valence-corrected chi connectivity index (χ2v) is 6.42. The summed E-state index contributed by atoms with van der Waals surface area (Å²) in [5.74, 6) is -0.279. The van der Waals surface area contributed by atoms with Gasteiger partial charge in [0.05, 0.1) is 30.0 Å². The fourth-order valence-electron chi connectivity index (χ4n) is 3.23. The fourth-order valence-corrected chi connectivity index (χ4v) is 3.23. The number of pyridine rings is 1. The summed E-state index contributed by atoms with van der Waals surface area (Å²) < 4.78 is 12.7. The number of nitrogens with one attached hydrogen (secondary N) is 1. The van der Waals surface area contributed by atoms with Crippen molar-refractivity contribution >= 4 is 28.6 Å². The third-order valence-electron chi connectivity index (χ3n) is 4.57. The fraction of sp³-hybridized carbons (Fsp3) is 0.318. The van der Waals surface area contributed by atoms with Gasteiger partial charge in [0.25, 0.3) is 5.91 Å². The lowest BCUT2D eigenvalue weighted by Gasteiger charge is -2.11. The molecule has 152 valence electrons. The van der Waals surface area contributed by atoms with E-state index in [1.165, 1.54) is 0 Å². The summed E-state index contributed by atoms with van der Waals surface area (Å²) in [6, 6.07) is 10.8. The molecule has 0 saturated heterocycles. The number of hydrogen-bond donors (Lipinski definition) is 1. The molecule has 3 rings (SSSR count). The highest BCUT2D eigenvalue weighted by atomic mass is 16.5. The molecule has 2 aromatic heterocycles. The quantitative estimate of drug-likeness (QED) is 0.612. The van der Waals surface area contributed by atoms with Gasteiger partial charge in [-0.05, 0) is 38.5 Å². The van der Waals surface area contributed by atoms with Crippen molar-refractivity contribution in [3.8, 4) is 5.75 Å². The molecular formula is C22H25N3O4. The van der Waals surface area contributed by atoms with Crippen LogP contribution in [0.3, 0.4) is 0 Å². The zero-order chi connectivity index (χ0) is 21.0. The Bertz CT molecular complexity index is 1040. The predicted molar refractivity (Wildman–Crippen MR) is 112 cm³/mol. The van der Waals surface area contributed by atoms with Gasteiger partial charge in [0.2, 0.25) is 0 Å². The maximum atomic E-state index is 12.6. The Hall–Kier alpha value is -3.35. The Balaban J connectivity index is 2.13. The monoisotopic (exact) mass is 395 g/mol. The first-order chi connectivity index (χ1) is 14.0. The Morgan fingerprint density at radius 1 is 1.10 bits per heavy atom. The minimum atomic E-state index is -0.468. The van der Waals surface area contributed by atoms with E-state index in [9.17, 15) is 9.59 Å². The summed E-state index contributed by atoms with van der Waals surface area (Å²) in [6.45, 7) is 6.21. The molecule has 0 atom stereocenters. The van der Waals surface area contributed by atoms with Crippen LogP contribution >= 0.6 is 0 Å². The molecule has 0 spiro atoms. The standard InChI is InChI=1S/C22H25N3O4/c1-5-16-17(24-21(26)14-11-9-8-10-12-14)13-15-19(28-6-2)18(22(27)29-7-3)25(4)20(15)23-16/h8-13H,5-7H2,1-4H3,(H,24,26). The van der Waals surface area contributed by atoms with Gasteiger partial charge >= 0.3 is 5.97 Å². The minimum absolute atomic E-state index is 0.221. The molecule has 0 saturated carbocycles. The maximum Gasteiger partial charge on any atom is 0.358 e. The molecule has 7 nitrogen and oxygen atoms in total. The molecule has 29 heavy (non-hydrogen) atoms. The van der Waals surface area contributed by atoms with E-state index < -0.39 is 5.97 Å². The SMILES string of the molecule is CCOC(=O)c1c(OCC)c2cc(NC(=O)c3ccccc3)c(CC)nc2n1C. The number of ether oxygens (including phenoxy) is 2. The van der Waals surface area contributed by atoms with Gasteiger partial charge in [-0.2, -0.15) is 0 Å². The zero-order valence-corrected chi connectivity index (χ0v) is 17.1. The third-order valence-corrected chi connectivity index (χ3v) is 4.57. The van der Waals surface area contributed by atoms with Crippen molar-refractivity contribution in [3.63, 3.8) is 0 Å². The Morgan fingerprint density at radius 2 is 1.83 bits per heavy atom. The lowest BCUT2D eigenvalue weighted by atomic mass is 10.1. The van der Waals surface area contributed by atoms with Gasteiger partial charge in [0.15, 0.2) is 11.4 Å². The van der Waals surface area contributed by atoms with Gasteiger partial charge in [0.1, 0.15) is 5.65 Å². The zero-order valence-electron chi connectivity index (χ0n) is 17.1. The largest absolute Gasteiger partial charge is 0.491 e. The summed E-state index contributed by atoms with van der Waals surface area (Å²) in [4.78, 5) is 29.9. The number of hydrogen-bond acceptors (Lipinski definition) is 5. The van der Waals surface area contributed by atoms with Crippen LogP contribution in [0.5, 0.6) is 5.75 Å². The number of fused-ring (bicyclic) bond motifs is 1. The van der Waals surface area contributed by atoms with Crippen LogP contribution in [0.2, 0.25) is 0 Å². The predicted octanol–water partition coefficient (Wildman–Crippen LogP) is 3.96. The minimum Gasteiger partial charge on any atom is -0.491 e. The second kappa shape index (κ2) is 8.77. The van der Waals surface area contributed by atoms with Gasteiger partial charge in [-0.3, -0.25) is 4.79 Å². The average Bonchev–Trinajstić information content (AvgIpc) is 2.99. The van der Waals surface area contributed by atoms with E-state index in [0.29, 0.717) is 46.8 Å². The Kier molecular flexibility index (Phi) is 6.16. The van der Waals surface area contributed by atoms with E-state index in [4.69, 9.17) is 14.5 Å². The molecule has 0 aliphatic heterocycles. The molecule has 1 amide bonds. The van der Waals surface area contributed by atoms with E-state index in [0.717, 1.165) is 5.69 Å². The van der Waals surface area contributed by atoms with Crippen LogP contribution in [0.1, 0.15) is 47.3 Å². The van der Waals surface area contributed by atoms with E-state index in [1.807, 2.05) is 38.1 Å². The Morgan fingerprint density at radius 3 is 2.45 bits per heavy atom. The summed E-state index contributed by atoms with van der Waals surface area (Å²) in [7, 11) is 1.76. The van der Waals surface area contributed by atoms with Gasteiger partial charge in [0, 0.05) is 12.6 Å². The molecule has 0 unspecified atom stereocenters. The topological polar surface area (TPSA) is 82.4 Å². The van der Waals surface area contributed by atoms with Gasteiger partial charge in [-0.1, -0.05) is 25.1 Å². The van der Waals surface area contributed by atoms with Gasteiger partial charge < -0.3 is 19.4 Å². The highest BCUT2D eigenvalue weighted by Gasteiger charge is 2.26. The molecule has 0 aliphatic carbocycles. The van der Waals surface area contributed by atoms with E-state index in [-0.39, 0.29) is 12.5 Å². The number of anilines is 1. The number of carbonyl (C=O) groups is 2. The second-order valence-electron chi connectivity index (χ2n) is 6.42. The van der Waals surface area contributed by atoms with Crippen LogP contribution in [0.15, 0.2) is 36.4 Å².